The molecule has 6 nitrogen and oxygen atoms in total. The van der Waals surface area contributed by atoms with Crippen LogP contribution in [0.3, 0.4) is 0 Å². The van der Waals surface area contributed by atoms with E-state index >= 15 is 0 Å². The molecule has 0 aliphatic carbocycles. The van der Waals surface area contributed by atoms with Gasteiger partial charge in [-0.05, 0) is 19.8 Å². The third-order valence-corrected chi connectivity index (χ3v) is 4.85. The number of nitrogens with one attached hydrogen (secondary N) is 1. The zero-order chi connectivity index (χ0) is 15.0. The van der Waals surface area contributed by atoms with Crippen molar-refractivity contribution in [3.63, 3.8) is 0 Å². The molecule has 21 heavy (non-hydrogen) atoms. The van der Waals surface area contributed by atoms with Crippen LogP contribution in [0.2, 0.25) is 5.02 Å². The minimum atomic E-state index is -0.351. The molecule has 1 aliphatic heterocycles. The van der Waals surface area contributed by atoms with Gasteiger partial charge in [-0.1, -0.05) is 11.6 Å². The Bertz CT molecular complexity index is 706. The fourth-order valence-electron chi connectivity index (χ4n) is 2.37. The first-order valence-electron chi connectivity index (χ1n) is 6.69. The Kier molecular flexibility index (Phi) is 3.97. The molecule has 2 aromatic rings. The molecule has 0 spiro atoms. The molecule has 1 saturated heterocycles. The number of hydrogen-bond donors (Lipinski definition) is 2. The average molecular weight is 327 g/mol. The van der Waals surface area contributed by atoms with Gasteiger partial charge in [-0.15, -0.1) is 11.3 Å². The fourth-order valence-corrected chi connectivity index (χ4v) is 3.33. The third kappa shape index (κ3) is 2.81. The quantitative estimate of drug-likeness (QED) is 0.879. The SMILES string of the molecule is Cc1ncsc1-c1nc(N2CCC(O)CC2)c(Cl)c(=O)[nH]1. The Labute approximate surface area is 130 Å². The van der Waals surface area contributed by atoms with E-state index < -0.39 is 0 Å². The summed E-state index contributed by atoms with van der Waals surface area (Å²) in [6, 6.07) is 0. The highest BCUT2D eigenvalue weighted by Crippen LogP contribution is 2.28. The van der Waals surface area contributed by atoms with Crippen molar-refractivity contribution >= 4 is 28.8 Å². The molecule has 2 N–H and O–H groups in total. The summed E-state index contributed by atoms with van der Waals surface area (Å²) >= 11 is 7.54. The number of piperidine rings is 1. The Morgan fingerprint density at radius 3 is 2.81 bits per heavy atom. The summed E-state index contributed by atoms with van der Waals surface area (Å²) in [5.41, 5.74) is 2.19. The van der Waals surface area contributed by atoms with Crippen molar-refractivity contribution < 1.29 is 5.11 Å². The molecule has 3 heterocycles. The van der Waals surface area contributed by atoms with Crippen molar-refractivity contribution in [2.75, 3.05) is 18.0 Å². The summed E-state index contributed by atoms with van der Waals surface area (Å²) in [6.45, 7) is 3.15. The average Bonchev–Trinajstić information content (AvgIpc) is 2.89. The number of aliphatic hydroxyl groups is 1. The highest BCUT2D eigenvalue weighted by Gasteiger charge is 2.23. The standard InChI is InChI=1S/C13H15ClN4O2S/c1-7-10(21-6-15-7)11-16-12(9(14)13(20)17-11)18-4-2-8(19)3-5-18/h6,8,19H,2-5H2,1H3,(H,16,17,20). The van der Waals surface area contributed by atoms with Crippen molar-refractivity contribution in [3.05, 3.63) is 26.6 Å². The maximum Gasteiger partial charge on any atom is 0.272 e. The molecule has 0 atom stereocenters. The number of aromatic amines is 1. The Morgan fingerprint density at radius 1 is 1.48 bits per heavy atom. The van der Waals surface area contributed by atoms with Crippen LogP contribution in [0.4, 0.5) is 5.82 Å². The number of nitrogens with zero attached hydrogens (tertiary/aromatic N) is 3. The molecule has 0 amide bonds. The van der Waals surface area contributed by atoms with Crippen LogP contribution >= 0.6 is 22.9 Å². The fraction of sp³-hybridized carbons (Fsp3) is 0.462. The molecule has 2 aromatic heterocycles. The van der Waals surface area contributed by atoms with Crippen LogP contribution in [0.5, 0.6) is 0 Å². The van der Waals surface area contributed by atoms with Crippen LogP contribution in [0.15, 0.2) is 10.3 Å². The van der Waals surface area contributed by atoms with E-state index in [-0.39, 0.29) is 16.7 Å². The highest BCUT2D eigenvalue weighted by atomic mass is 35.5. The number of thiazole rings is 1. The Hall–Kier alpha value is -1.44. The molecule has 0 bridgehead atoms. The summed E-state index contributed by atoms with van der Waals surface area (Å²) in [6.07, 6.45) is 1.02. The van der Waals surface area contributed by atoms with E-state index in [1.54, 1.807) is 5.51 Å². The lowest BCUT2D eigenvalue weighted by Crippen LogP contribution is -2.37. The summed E-state index contributed by atoms with van der Waals surface area (Å²) < 4.78 is 0. The van der Waals surface area contributed by atoms with Crippen LogP contribution in [0, 0.1) is 6.92 Å². The van der Waals surface area contributed by atoms with Crippen LogP contribution < -0.4 is 10.5 Å². The number of aromatic nitrogens is 3. The van der Waals surface area contributed by atoms with Crippen molar-refractivity contribution in [2.24, 2.45) is 0 Å². The molecule has 1 aliphatic rings. The topological polar surface area (TPSA) is 82.1 Å². The maximum absolute atomic E-state index is 12.1. The minimum Gasteiger partial charge on any atom is -0.393 e. The van der Waals surface area contributed by atoms with E-state index in [1.165, 1.54) is 11.3 Å². The number of hydrogen-bond acceptors (Lipinski definition) is 6. The van der Waals surface area contributed by atoms with Gasteiger partial charge in [0, 0.05) is 13.1 Å². The summed E-state index contributed by atoms with van der Waals surface area (Å²) in [5, 5.41) is 9.68. The number of anilines is 1. The smallest absolute Gasteiger partial charge is 0.272 e. The predicted molar refractivity (Wildman–Crippen MR) is 83.2 cm³/mol. The molecular formula is C13H15ClN4O2S. The van der Waals surface area contributed by atoms with Gasteiger partial charge in [0.2, 0.25) is 0 Å². The third-order valence-electron chi connectivity index (χ3n) is 3.57. The molecule has 0 unspecified atom stereocenters. The van der Waals surface area contributed by atoms with E-state index in [1.807, 2.05) is 11.8 Å². The largest absolute Gasteiger partial charge is 0.393 e. The van der Waals surface area contributed by atoms with Gasteiger partial charge in [0.25, 0.3) is 5.56 Å². The molecule has 112 valence electrons. The molecule has 0 radical (unpaired) electrons. The summed E-state index contributed by atoms with van der Waals surface area (Å²) in [7, 11) is 0. The number of rotatable bonds is 2. The molecule has 1 fully saturated rings. The monoisotopic (exact) mass is 326 g/mol. The predicted octanol–water partition coefficient (Wildman–Crippen LogP) is 1.82. The number of aliphatic hydroxyl groups excluding tert-OH is 1. The van der Waals surface area contributed by atoms with Gasteiger partial charge in [0.1, 0.15) is 5.02 Å². The zero-order valence-corrected chi connectivity index (χ0v) is 13.0. The minimum absolute atomic E-state index is 0.0947. The number of aryl methyl sites for hydroxylation is 1. The number of halogens is 1. The van der Waals surface area contributed by atoms with Crippen molar-refractivity contribution in [3.8, 4) is 10.7 Å². The van der Waals surface area contributed by atoms with E-state index in [4.69, 9.17) is 11.6 Å². The van der Waals surface area contributed by atoms with Gasteiger partial charge in [-0.2, -0.15) is 0 Å². The first-order chi connectivity index (χ1) is 10.1. The lowest BCUT2D eigenvalue weighted by molar-refractivity contribution is 0.145. The molecule has 0 aromatic carbocycles. The van der Waals surface area contributed by atoms with Gasteiger partial charge in [0.05, 0.1) is 22.2 Å². The van der Waals surface area contributed by atoms with E-state index in [0.717, 1.165) is 10.6 Å². The van der Waals surface area contributed by atoms with Crippen LogP contribution in [0.1, 0.15) is 18.5 Å². The second kappa shape index (κ2) is 5.75. The van der Waals surface area contributed by atoms with Crippen LogP contribution in [-0.2, 0) is 0 Å². The second-order valence-electron chi connectivity index (χ2n) is 5.04. The first kappa shape index (κ1) is 14.5. The summed E-state index contributed by atoms with van der Waals surface area (Å²) in [4.78, 5) is 26.2. The van der Waals surface area contributed by atoms with Gasteiger partial charge in [-0.3, -0.25) is 4.79 Å². The number of H-pyrrole nitrogens is 1. The van der Waals surface area contributed by atoms with Gasteiger partial charge < -0.3 is 15.0 Å². The van der Waals surface area contributed by atoms with Crippen LogP contribution in [0.25, 0.3) is 10.7 Å². The van der Waals surface area contributed by atoms with E-state index in [0.29, 0.717) is 37.6 Å². The lowest BCUT2D eigenvalue weighted by atomic mass is 10.1. The normalized spacial score (nSPS) is 16.4. The Balaban J connectivity index is 2.02. The Morgan fingerprint density at radius 2 is 2.19 bits per heavy atom. The molecule has 3 rings (SSSR count). The second-order valence-corrected chi connectivity index (χ2v) is 6.27. The van der Waals surface area contributed by atoms with Gasteiger partial charge in [-0.25, -0.2) is 9.97 Å². The highest BCUT2D eigenvalue weighted by molar-refractivity contribution is 7.13. The molecular weight excluding hydrogens is 312 g/mol. The first-order valence-corrected chi connectivity index (χ1v) is 7.95. The lowest BCUT2D eigenvalue weighted by Gasteiger charge is -2.30. The maximum atomic E-state index is 12.1. The van der Waals surface area contributed by atoms with Crippen molar-refractivity contribution in [2.45, 2.75) is 25.9 Å². The van der Waals surface area contributed by atoms with Crippen molar-refractivity contribution in [1.29, 1.82) is 0 Å². The van der Waals surface area contributed by atoms with E-state index in [2.05, 4.69) is 15.0 Å². The van der Waals surface area contributed by atoms with Gasteiger partial charge in [0.15, 0.2) is 11.6 Å². The van der Waals surface area contributed by atoms with E-state index in [9.17, 15) is 9.90 Å². The van der Waals surface area contributed by atoms with Crippen LogP contribution in [-0.4, -0.2) is 39.3 Å². The molecule has 8 heteroatoms. The summed E-state index contributed by atoms with van der Waals surface area (Å²) in [5.74, 6) is 0.973. The van der Waals surface area contributed by atoms with Crippen molar-refractivity contribution in [1.82, 2.24) is 15.0 Å². The molecule has 0 saturated carbocycles. The van der Waals surface area contributed by atoms with Gasteiger partial charge >= 0.3 is 0 Å². The zero-order valence-electron chi connectivity index (χ0n) is 11.5.